The molecule has 2 heterocycles. The first-order chi connectivity index (χ1) is 13.6. The van der Waals surface area contributed by atoms with Crippen LogP contribution in [0.1, 0.15) is 25.3 Å². The second-order valence-electron chi connectivity index (χ2n) is 7.57. The smallest absolute Gasteiger partial charge is 0.318 e. The number of anilines is 1. The molecular formula is C22H25N3O3. The maximum Gasteiger partial charge on any atom is 0.318 e. The van der Waals surface area contributed by atoms with Crippen LogP contribution in [0.5, 0.6) is 5.75 Å². The molecular weight excluding hydrogens is 354 g/mol. The van der Waals surface area contributed by atoms with Gasteiger partial charge in [-0.15, -0.1) is 0 Å². The van der Waals surface area contributed by atoms with E-state index in [0.29, 0.717) is 30.5 Å². The van der Waals surface area contributed by atoms with E-state index in [9.17, 15) is 9.59 Å². The van der Waals surface area contributed by atoms with Crippen LogP contribution in [0.2, 0.25) is 0 Å². The second kappa shape index (κ2) is 7.54. The molecule has 2 bridgehead atoms. The Morgan fingerprint density at radius 3 is 2.68 bits per heavy atom. The van der Waals surface area contributed by atoms with Crippen molar-refractivity contribution in [2.24, 2.45) is 5.92 Å². The molecule has 0 atom stereocenters. The molecule has 2 aliphatic heterocycles. The summed E-state index contributed by atoms with van der Waals surface area (Å²) in [6.45, 7) is 3.08. The van der Waals surface area contributed by atoms with Crippen molar-refractivity contribution in [2.75, 3.05) is 25.0 Å². The number of nitrogens with zero attached hydrogens (tertiary/aromatic N) is 1. The van der Waals surface area contributed by atoms with Crippen molar-refractivity contribution in [1.29, 1.82) is 0 Å². The van der Waals surface area contributed by atoms with Crippen LogP contribution in [0.25, 0.3) is 0 Å². The number of nitrogens with one attached hydrogen (secondary N) is 2. The molecule has 6 heteroatoms. The van der Waals surface area contributed by atoms with Gasteiger partial charge in [-0.05, 0) is 36.5 Å². The molecule has 2 aromatic carbocycles. The van der Waals surface area contributed by atoms with Gasteiger partial charge in [0.1, 0.15) is 12.4 Å². The highest BCUT2D eigenvalue weighted by Crippen LogP contribution is 2.56. The lowest BCUT2D eigenvalue weighted by Gasteiger charge is -2.42. The molecule has 0 unspecified atom stereocenters. The SMILES string of the molecule is CC(=O)Nc1cccc(OCCNC(=O)N2CC3CC2(c2ccccc2)C3)c1. The van der Waals surface area contributed by atoms with Gasteiger partial charge < -0.3 is 20.3 Å². The monoisotopic (exact) mass is 379 g/mol. The summed E-state index contributed by atoms with van der Waals surface area (Å²) in [7, 11) is 0. The predicted molar refractivity (Wildman–Crippen MR) is 107 cm³/mol. The standard InChI is InChI=1S/C22H25N3O3/c1-16(26)24-19-8-5-9-20(12-19)28-11-10-23-21(27)25-15-17-13-22(25,14-17)18-6-3-2-4-7-18/h2-9,12,17H,10-11,13-15H2,1H3,(H,23,27)(H,24,26). The maximum absolute atomic E-state index is 12.8. The highest BCUT2D eigenvalue weighted by Gasteiger charge is 2.58. The largest absolute Gasteiger partial charge is 0.492 e. The van der Waals surface area contributed by atoms with Crippen molar-refractivity contribution in [2.45, 2.75) is 25.3 Å². The molecule has 1 saturated carbocycles. The summed E-state index contributed by atoms with van der Waals surface area (Å²) < 4.78 is 5.70. The van der Waals surface area contributed by atoms with Crippen LogP contribution in [0.4, 0.5) is 10.5 Å². The molecule has 2 aromatic rings. The van der Waals surface area contributed by atoms with E-state index in [1.165, 1.54) is 12.5 Å². The molecule has 146 valence electrons. The number of rotatable bonds is 6. The molecule has 3 aliphatic rings. The maximum atomic E-state index is 12.8. The number of benzene rings is 2. The van der Waals surface area contributed by atoms with Gasteiger partial charge in [0.15, 0.2) is 0 Å². The Hall–Kier alpha value is -3.02. The average Bonchev–Trinajstić information content (AvgIpc) is 3.22. The normalized spacial score (nSPS) is 22.3. The van der Waals surface area contributed by atoms with Crippen molar-refractivity contribution in [3.05, 3.63) is 60.2 Å². The van der Waals surface area contributed by atoms with E-state index in [1.807, 2.05) is 35.2 Å². The third-order valence-corrected chi connectivity index (χ3v) is 5.57. The predicted octanol–water partition coefficient (Wildman–Crippen LogP) is 3.35. The Labute approximate surface area is 164 Å². The van der Waals surface area contributed by atoms with Gasteiger partial charge in [-0.3, -0.25) is 4.79 Å². The molecule has 0 radical (unpaired) electrons. The number of hydrogen-bond acceptors (Lipinski definition) is 3. The van der Waals surface area contributed by atoms with Crippen molar-refractivity contribution in [3.63, 3.8) is 0 Å². The Morgan fingerprint density at radius 2 is 1.93 bits per heavy atom. The Morgan fingerprint density at radius 1 is 1.14 bits per heavy atom. The number of fused-ring (bicyclic) bond motifs is 1. The van der Waals surface area contributed by atoms with Crippen LogP contribution in [0.3, 0.4) is 0 Å². The van der Waals surface area contributed by atoms with Crippen molar-refractivity contribution in [3.8, 4) is 5.75 Å². The van der Waals surface area contributed by atoms with E-state index in [1.54, 1.807) is 12.1 Å². The lowest BCUT2D eigenvalue weighted by molar-refractivity contribution is -0.114. The summed E-state index contributed by atoms with van der Waals surface area (Å²) in [5, 5.41) is 5.71. The molecule has 5 rings (SSSR count). The first-order valence-electron chi connectivity index (χ1n) is 9.68. The van der Waals surface area contributed by atoms with Crippen LogP contribution in [-0.2, 0) is 10.3 Å². The van der Waals surface area contributed by atoms with Gasteiger partial charge in [-0.2, -0.15) is 0 Å². The zero-order chi connectivity index (χ0) is 19.6. The van der Waals surface area contributed by atoms with Crippen LogP contribution >= 0.6 is 0 Å². The molecule has 2 N–H and O–H groups in total. The third kappa shape index (κ3) is 3.54. The third-order valence-electron chi connectivity index (χ3n) is 5.57. The number of ether oxygens (including phenoxy) is 1. The van der Waals surface area contributed by atoms with Crippen molar-refractivity contribution < 1.29 is 14.3 Å². The van der Waals surface area contributed by atoms with E-state index in [0.717, 1.165) is 19.4 Å². The van der Waals surface area contributed by atoms with E-state index < -0.39 is 0 Å². The van der Waals surface area contributed by atoms with E-state index in [2.05, 4.69) is 22.8 Å². The van der Waals surface area contributed by atoms with Gasteiger partial charge in [-0.1, -0.05) is 36.4 Å². The number of carbonyl (C=O) groups is 2. The zero-order valence-electron chi connectivity index (χ0n) is 16.0. The molecule has 1 aliphatic carbocycles. The van der Waals surface area contributed by atoms with Crippen LogP contribution < -0.4 is 15.4 Å². The summed E-state index contributed by atoms with van der Waals surface area (Å²) in [5.74, 6) is 1.14. The minimum Gasteiger partial charge on any atom is -0.492 e. The number of amides is 3. The Balaban J connectivity index is 1.29. The lowest BCUT2D eigenvalue weighted by Crippen LogP contribution is -2.50. The van der Waals surface area contributed by atoms with Gasteiger partial charge in [0, 0.05) is 25.2 Å². The fraction of sp³-hybridized carbons (Fsp3) is 0.364. The molecule has 3 amide bonds. The van der Waals surface area contributed by atoms with Gasteiger partial charge in [0.2, 0.25) is 5.91 Å². The van der Waals surface area contributed by atoms with E-state index in [4.69, 9.17) is 4.74 Å². The molecule has 6 nitrogen and oxygen atoms in total. The summed E-state index contributed by atoms with van der Waals surface area (Å²) in [5.41, 5.74) is 1.78. The van der Waals surface area contributed by atoms with Crippen molar-refractivity contribution in [1.82, 2.24) is 10.2 Å². The fourth-order valence-electron chi connectivity index (χ4n) is 4.38. The van der Waals surface area contributed by atoms with Gasteiger partial charge in [0.25, 0.3) is 0 Å². The summed E-state index contributed by atoms with van der Waals surface area (Å²) in [6, 6.07) is 17.5. The van der Waals surface area contributed by atoms with Crippen molar-refractivity contribution >= 4 is 17.6 Å². The van der Waals surface area contributed by atoms with Crippen LogP contribution in [0, 0.1) is 5.92 Å². The minimum absolute atomic E-state index is 0.0283. The average molecular weight is 379 g/mol. The second-order valence-corrected chi connectivity index (χ2v) is 7.57. The summed E-state index contributed by atoms with van der Waals surface area (Å²) >= 11 is 0. The lowest BCUT2D eigenvalue weighted by atomic mass is 9.69. The molecule has 2 saturated heterocycles. The molecule has 28 heavy (non-hydrogen) atoms. The highest BCUT2D eigenvalue weighted by molar-refractivity contribution is 5.88. The van der Waals surface area contributed by atoms with Crippen LogP contribution in [-0.4, -0.2) is 36.5 Å². The number of carbonyl (C=O) groups excluding carboxylic acids is 2. The Kier molecular flexibility index (Phi) is 4.94. The zero-order valence-corrected chi connectivity index (χ0v) is 16.0. The van der Waals surface area contributed by atoms with Gasteiger partial charge in [-0.25, -0.2) is 4.79 Å². The summed E-state index contributed by atoms with van der Waals surface area (Å²) in [6.07, 6.45) is 2.10. The summed E-state index contributed by atoms with van der Waals surface area (Å²) in [4.78, 5) is 25.9. The van der Waals surface area contributed by atoms with Crippen LogP contribution in [0.15, 0.2) is 54.6 Å². The van der Waals surface area contributed by atoms with Gasteiger partial charge in [0.05, 0.1) is 12.1 Å². The fourth-order valence-corrected chi connectivity index (χ4v) is 4.38. The van der Waals surface area contributed by atoms with Gasteiger partial charge >= 0.3 is 6.03 Å². The number of hydrogen-bond donors (Lipinski definition) is 2. The molecule has 0 spiro atoms. The highest BCUT2D eigenvalue weighted by atomic mass is 16.5. The quantitative estimate of drug-likeness (QED) is 0.756. The Bertz CT molecular complexity index is 862. The van der Waals surface area contributed by atoms with E-state index in [-0.39, 0.29) is 17.5 Å². The minimum atomic E-state index is -0.135. The number of urea groups is 1. The molecule has 0 aromatic heterocycles. The first-order valence-corrected chi connectivity index (χ1v) is 9.68. The van der Waals surface area contributed by atoms with E-state index >= 15 is 0 Å². The molecule has 3 fully saturated rings. The topological polar surface area (TPSA) is 70.7 Å². The first kappa shape index (κ1) is 18.3.